The van der Waals surface area contributed by atoms with Crippen LogP contribution in [0.5, 0.6) is 0 Å². The molecule has 1 atom stereocenters. The van der Waals surface area contributed by atoms with Gasteiger partial charge in [-0.2, -0.15) is 0 Å². The molecule has 1 amide bonds. The Morgan fingerprint density at radius 1 is 1.00 bits per heavy atom. The van der Waals surface area contributed by atoms with Crippen LogP contribution in [0.4, 0.5) is 0 Å². The second-order valence-corrected chi connectivity index (χ2v) is 5.76. The van der Waals surface area contributed by atoms with Crippen LogP contribution in [-0.4, -0.2) is 11.7 Å². The van der Waals surface area contributed by atoms with Crippen LogP contribution in [0.25, 0.3) is 11.0 Å². The number of carbonyl (C=O) groups excluding carboxylic acids is 2. The first-order valence-electron chi connectivity index (χ1n) is 7.99. The van der Waals surface area contributed by atoms with Gasteiger partial charge in [-0.15, -0.1) is 0 Å². The number of hydrogen-bond acceptors (Lipinski definition) is 3. The maximum atomic E-state index is 12.1. The van der Waals surface area contributed by atoms with Crippen molar-refractivity contribution >= 4 is 22.7 Å². The van der Waals surface area contributed by atoms with Gasteiger partial charge in [-0.1, -0.05) is 48.5 Å². The Morgan fingerprint density at radius 3 is 2.46 bits per heavy atom. The largest absolute Gasteiger partial charge is 0.459 e. The van der Waals surface area contributed by atoms with Gasteiger partial charge in [0.05, 0.1) is 6.04 Å². The molecule has 0 fully saturated rings. The van der Waals surface area contributed by atoms with E-state index >= 15 is 0 Å². The topological polar surface area (TPSA) is 59.3 Å². The number of fused-ring (bicyclic) bond motifs is 1. The second-order valence-electron chi connectivity index (χ2n) is 5.76. The molecule has 0 aliphatic carbocycles. The van der Waals surface area contributed by atoms with E-state index in [1.54, 1.807) is 12.1 Å². The van der Waals surface area contributed by atoms with Crippen LogP contribution in [0.2, 0.25) is 0 Å². The van der Waals surface area contributed by atoms with E-state index in [9.17, 15) is 9.59 Å². The Hall–Kier alpha value is -2.88. The van der Waals surface area contributed by atoms with Gasteiger partial charge < -0.3 is 9.73 Å². The molecule has 0 spiro atoms. The van der Waals surface area contributed by atoms with Crippen molar-refractivity contribution in [3.8, 4) is 0 Å². The highest BCUT2D eigenvalue weighted by Gasteiger charge is 2.15. The summed E-state index contributed by atoms with van der Waals surface area (Å²) in [4.78, 5) is 24.1. The van der Waals surface area contributed by atoms with Gasteiger partial charge in [0.15, 0.2) is 5.78 Å². The summed E-state index contributed by atoms with van der Waals surface area (Å²) >= 11 is 0. The van der Waals surface area contributed by atoms with Crippen molar-refractivity contribution in [3.63, 3.8) is 0 Å². The fourth-order valence-corrected chi connectivity index (χ4v) is 2.60. The zero-order valence-corrected chi connectivity index (χ0v) is 13.5. The fraction of sp³-hybridized carbons (Fsp3) is 0.200. The van der Waals surface area contributed by atoms with Crippen LogP contribution in [0.1, 0.15) is 41.9 Å². The zero-order chi connectivity index (χ0) is 16.9. The lowest BCUT2D eigenvalue weighted by Crippen LogP contribution is -2.26. The van der Waals surface area contributed by atoms with Crippen molar-refractivity contribution in [2.24, 2.45) is 0 Å². The summed E-state index contributed by atoms with van der Waals surface area (Å²) in [5.41, 5.74) is 1.43. The number of hydrogen-bond donors (Lipinski definition) is 1. The van der Waals surface area contributed by atoms with Crippen molar-refractivity contribution in [2.75, 3.05) is 0 Å². The van der Waals surface area contributed by atoms with Gasteiger partial charge >= 0.3 is 0 Å². The highest BCUT2D eigenvalue weighted by molar-refractivity contribution is 5.97. The third-order valence-electron chi connectivity index (χ3n) is 3.92. The van der Waals surface area contributed by atoms with E-state index in [0.717, 1.165) is 11.0 Å². The van der Waals surface area contributed by atoms with Gasteiger partial charge in [-0.3, -0.25) is 9.59 Å². The predicted molar refractivity (Wildman–Crippen MR) is 92.8 cm³/mol. The number of carbonyl (C=O) groups is 2. The molecule has 0 bridgehead atoms. The SMILES string of the molecule is C[C@H](NC(=O)CCC(=O)c1ccccc1)c1cc2ccccc2o1. The number of rotatable bonds is 6. The molecule has 0 saturated carbocycles. The third kappa shape index (κ3) is 3.71. The highest BCUT2D eigenvalue weighted by Crippen LogP contribution is 2.23. The van der Waals surface area contributed by atoms with Crippen molar-refractivity contribution < 1.29 is 14.0 Å². The number of ketones is 1. The first-order chi connectivity index (χ1) is 11.6. The maximum absolute atomic E-state index is 12.1. The lowest BCUT2D eigenvalue weighted by atomic mass is 10.1. The van der Waals surface area contributed by atoms with E-state index in [1.165, 1.54) is 0 Å². The molecular formula is C20H19NO3. The molecule has 0 aliphatic rings. The first kappa shape index (κ1) is 16.0. The zero-order valence-electron chi connectivity index (χ0n) is 13.5. The second kappa shape index (κ2) is 7.13. The minimum Gasteiger partial charge on any atom is -0.459 e. The van der Waals surface area contributed by atoms with Crippen LogP contribution in [0.3, 0.4) is 0 Å². The number of nitrogens with one attached hydrogen (secondary N) is 1. The molecule has 0 radical (unpaired) electrons. The molecule has 1 N–H and O–H groups in total. The van der Waals surface area contributed by atoms with E-state index in [4.69, 9.17) is 4.42 Å². The number of para-hydroxylation sites is 1. The van der Waals surface area contributed by atoms with E-state index in [0.29, 0.717) is 11.3 Å². The summed E-state index contributed by atoms with van der Waals surface area (Å²) < 4.78 is 5.74. The maximum Gasteiger partial charge on any atom is 0.221 e. The lowest BCUT2D eigenvalue weighted by molar-refractivity contribution is -0.121. The number of Topliss-reactive ketones (excluding diaryl/α,β-unsaturated/α-hetero) is 1. The van der Waals surface area contributed by atoms with Crippen LogP contribution >= 0.6 is 0 Å². The summed E-state index contributed by atoms with van der Waals surface area (Å²) in [5.74, 6) is 0.522. The van der Waals surface area contributed by atoms with E-state index in [1.807, 2.05) is 55.5 Å². The van der Waals surface area contributed by atoms with E-state index in [2.05, 4.69) is 5.32 Å². The van der Waals surface area contributed by atoms with Gasteiger partial charge in [0.2, 0.25) is 5.91 Å². The Kier molecular flexibility index (Phi) is 4.75. The summed E-state index contributed by atoms with van der Waals surface area (Å²) in [6.45, 7) is 1.87. The molecule has 122 valence electrons. The van der Waals surface area contributed by atoms with Gasteiger partial charge in [-0.25, -0.2) is 0 Å². The van der Waals surface area contributed by atoms with Crippen LogP contribution in [0, 0.1) is 0 Å². The highest BCUT2D eigenvalue weighted by atomic mass is 16.3. The average Bonchev–Trinajstić information content (AvgIpc) is 3.05. The Bertz CT molecular complexity index is 818. The lowest BCUT2D eigenvalue weighted by Gasteiger charge is -2.11. The Morgan fingerprint density at radius 2 is 1.71 bits per heavy atom. The summed E-state index contributed by atoms with van der Waals surface area (Å²) in [7, 11) is 0. The van der Waals surface area contributed by atoms with Crippen LogP contribution in [0.15, 0.2) is 65.1 Å². The molecule has 4 nitrogen and oxygen atoms in total. The van der Waals surface area contributed by atoms with Crippen LogP contribution in [-0.2, 0) is 4.79 Å². The minimum atomic E-state index is -0.239. The average molecular weight is 321 g/mol. The molecule has 0 aliphatic heterocycles. The van der Waals surface area contributed by atoms with Gasteiger partial charge in [0.1, 0.15) is 11.3 Å². The smallest absolute Gasteiger partial charge is 0.221 e. The van der Waals surface area contributed by atoms with Crippen molar-refractivity contribution in [2.45, 2.75) is 25.8 Å². The normalized spacial score (nSPS) is 12.0. The summed E-state index contributed by atoms with van der Waals surface area (Å²) in [6.07, 6.45) is 0.362. The number of furan rings is 1. The van der Waals surface area contributed by atoms with Crippen molar-refractivity contribution in [1.29, 1.82) is 0 Å². The van der Waals surface area contributed by atoms with Crippen molar-refractivity contribution in [3.05, 3.63) is 72.0 Å². The molecule has 0 unspecified atom stereocenters. The third-order valence-corrected chi connectivity index (χ3v) is 3.92. The van der Waals surface area contributed by atoms with Crippen molar-refractivity contribution in [1.82, 2.24) is 5.32 Å². The molecule has 24 heavy (non-hydrogen) atoms. The molecule has 1 aromatic heterocycles. The predicted octanol–water partition coefficient (Wildman–Crippen LogP) is 4.27. The molecule has 4 heteroatoms. The van der Waals surface area contributed by atoms with Gasteiger partial charge in [0.25, 0.3) is 0 Å². The van der Waals surface area contributed by atoms with Gasteiger partial charge in [-0.05, 0) is 19.1 Å². The molecule has 3 aromatic rings. The first-order valence-corrected chi connectivity index (χ1v) is 7.99. The molecule has 2 aromatic carbocycles. The molecular weight excluding hydrogens is 302 g/mol. The Labute approximate surface area is 140 Å². The standard InChI is InChI=1S/C20H19NO3/c1-14(19-13-16-9-5-6-10-18(16)24-19)21-20(23)12-11-17(22)15-7-3-2-4-8-15/h2-10,13-14H,11-12H2,1H3,(H,21,23)/t14-/m0/s1. The number of benzene rings is 2. The van der Waals surface area contributed by atoms with E-state index < -0.39 is 0 Å². The number of amides is 1. The summed E-state index contributed by atoms with van der Waals surface area (Å²) in [5, 5.41) is 3.89. The minimum absolute atomic E-state index is 0.0258. The molecule has 0 saturated heterocycles. The monoisotopic (exact) mass is 321 g/mol. The molecule has 3 rings (SSSR count). The quantitative estimate of drug-likeness (QED) is 0.690. The van der Waals surface area contributed by atoms with E-state index in [-0.39, 0.29) is 30.6 Å². The fourth-order valence-electron chi connectivity index (χ4n) is 2.60. The Balaban J connectivity index is 1.55. The molecule has 1 heterocycles. The van der Waals surface area contributed by atoms with Gasteiger partial charge in [0, 0.05) is 23.8 Å². The van der Waals surface area contributed by atoms with Crippen LogP contribution < -0.4 is 5.32 Å². The summed E-state index contributed by atoms with van der Waals surface area (Å²) in [6, 6.07) is 18.4.